The fourth-order valence-corrected chi connectivity index (χ4v) is 3.99. The van der Waals surface area contributed by atoms with Crippen LogP contribution in [-0.4, -0.2) is 46.0 Å². The van der Waals surface area contributed by atoms with Gasteiger partial charge in [0.25, 0.3) is 23.6 Å². The molecule has 0 saturated heterocycles. The summed E-state index contributed by atoms with van der Waals surface area (Å²) in [4.78, 5) is 50.1. The van der Waals surface area contributed by atoms with Crippen molar-refractivity contribution >= 4 is 23.6 Å². The third-order valence-corrected chi connectivity index (χ3v) is 5.54. The predicted octanol–water partition coefficient (Wildman–Crippen LogP) is 1.28. The molecule has 3 aliphatic rings. The molecule has 4 amide bonds. The zero-order chi connectivity index (χ0) is 17.4. The Bertz CT molecular complexity index is 615. The molecule has 4 unspecified atom stereocenters. The highest BCUT2D eigenvalue weighted by Crippen LogP contribution is 2.37. The summed E-state index contributed by atoms with van der Waals surface area (Å²) in [5.74, 6) is -0.331. The number of amides is 4. The van der Waals surface area contributed by atoms with Gasteiger partial charge in [0.15, 0.2) is 0 Å². The summed E-state index contributed by atoms with van der Waals surface area (Å²) in [6.07, 6.45) is 7.89. The number of hydrogen-bond acceptors (Lipinski definition) is 4. The first-order chi connectivity index (χ1) is 11.4. The molecule has 0 spiro atoms. The molecule has 2 aliphatic heterocycles. The number of hydrogen-bond donors (Lipinski definition) is 0. The molecule has 3 rings (SSSR count). The monoisotopic (exact) mass is 330 g/mol. The van der Waals surface area contributed by atoms with Crippen molar-refractivity contribution in [1.29, 1.82) is 0 Å². The number of imide groups is 2. The average molecular weight is 330 g/mol. The second-order valence-corrected chi connectivity index (χ2v) is 7.10. The first kappa shape index (κ1) is 16.6. The minimum atomic E-state index is -0.262. The highest BCUT2D eigenvalue weighted by atomic mass is 16.2. The van der Waals surface area contributed by atoms with Crippen molar-refractivity contribution in [2.75, 3.05) is 6.54 Å². The Morgan fingerprint density at radius 3 is 2.08 bits per heavy atom. The largest absolute Gasteiger partial charge is 0.275 e. The van der Waals surface area contributed by atoms with E-state index < -0.39 is 0 Å². The van der Waals surface area contributed by atoms with E-state index in [0.29, 0.717) is 6.54 Å². The number of rotatable bonds is 4. The van der Waals surface area contributed by atoms with Crippen molar-refractivity contribution in [3.63, 3.8) is 0 Å². The minimum Gasteiger partial charge on any atom is -0.275 e. The van der Waals surface area contributed by atoms with Crippen molar-refractivity contribution in [1.82, 2.24) is 9.80 Å². The lowest BCUT2D eigenvalue weighted by Crippen LogP contribution is -2.48. The van der Waals surface area contributed by atoms with Gasteiger partial charge in [-0.1, -0.05) is 13.8 Å². The Balaban J connectivity index is 1.66. The molecule has 0 bridgehead atoms. The molecule has 1 fully saturated rings. The van der Waals surface area contributed by atoms with Crippen LogP contribution in [0.3, 0.4) is 0 Å². The van der Waals surface area contributed by atoms with Crippen molar-refractivity contribution < 1.29 is 19.2 Å². The maximum Gasteiger partial charge on any atom is 0.253 e. The smallest absolute Gasteiger partial charge is 0.253 e. The lowest BCUT2D eigenvalue weighted by Gasteiger charge is -2.41. The Kier molecular flexibility index (Phi) is 4.39. The van der Waals surface area contributed by atoms with E-state index in [1.807, 2.05) is 6.92 Å². The molecule has 0 radical (unpaired) electrons. The highest BCUT2D eigenvalue weighted by molar-refractivity contribution is 6.13. The third-order valence-electron chi connectivity index (χ3n) is 5.54. The Morgan fingerprint density at radius 2 is 1.50 bits per heavy atom. The summed E-state index contributed by atoms with van der Waals surface area (Å²) in [5, 5.41) is 0. The van der Waals surface area contributed by atoms with Gasteiger partial charge in [0, 0.05) is 36.9 Å². The van der Waals surface area contributed by atoms with Gasteiger partial charge in [-0.2, -0.15) is 0 Å². The fraction of sp³-hybridized carbons (Fsp3) is 0.556. The number of carbonyl (C=O) groups is 4. The van der Waals surface area contributed by atoms with Crippen LogP contribution in [0, 0.1) is 17.8 Å². The van der Waals surface area contributed by atoms with Gasteiger partial charge in [-0.05, 0) is 37.0 Å². The second-order valence-electron chi connectivity index (χ2n) is 7.10. The van der Waals surface area contributed by atoms with E-state index in [4.69, 9.17) is 0 Å². The van der Waals surface area contributed by atoms with E-state index in [-0.39, 0.29) is 47.4 Å². The van der Waals surface area contributed by atoms with Crippen molar-refractivity contribution in [3.8, 4) is 0 Å². The summed E-state index contributed by atoms with van der Waals surface area (Å²) in [7, 11) is 0. The zero-order valence-corrected chi connectivity index (χ0v) is 14.0. The molecule has 1 saturated carbocycles. The van der Waals surface area contributed by atoms with Crippen LogP contribution in [0.2, 0.25) is 0 Å². The SMILES string of the molecule is CC(CN1C(=O)C=CC1=O)C1CCC(C)C(N2C(=O)C=CC2=O)C1. The van der Waals surface area contributed by atoms with Gasteiger partial charge in [-0.3, -0.25) is 29.0 Å². The molecular weight excluding hydrogens is 308 g/mol. The topological polar surface area (TPSA) is 74.8 Å². The summed E-state index contributed by atoms with van der Waals surface area (Å²) >= 11 is 0. The normalized spacial score (nSPS) is 31.5. The van der Waals surface area contributed by atoms with Crippen molar-refractivity contribution in [2.24, 2.45) is 17.8 Å². The summed E-state index contributed by atoms with van der Waals surface area (Å²) in [5.41, 5.74) is 0. The molecular formula is C18H22N2O4. The molecule has 6 heteroatoms. The predicted molar refractivity (Wildman–Crippen MR) is 86.3 cm³/mol. The summed E-state index contributed by atoms with van der Waals surface area (Å²) in [6.45, 7) is 4.49. The van der Waals surface area contributed by atoms with Gasteiger partial charge < -0.3 is 0 Å². The fourth-order valence-electron chi connectivity index (χ4n) is 3.99. The lowest BCUT2D eigenvalue weighted by molar-refractivity contribution is -0.142. The van der Waals surface area contributed by atoms with Crippen LogP contribution in [0.25, 0.3) is 0 Å². The molecule has 2 heterocycles. The van der Waals surface area contributed by atoms with E-state index in [1.165, 1.54) is 34.1 Å². The van der Waals surface area contributed by atoms with Gasteiger partial charge in [-0.25, -0.2) is 0 Å². The third kappa shape index (κ3) is 2.92. The minimum absolute atomic E-state index is 0.107. The quantitative estimate of drug-likeness (QED) is 0.728. The average Bonchev–Trinajstić information content (AvgIpc) is 3.04. The van der Waals surface area contributed by atoms with Crippen LogP contribution in [0.5, 0.6) is 0 Å². The Labute approximate surface area is 141 Å². The standard InChI is InChI=1S/C18H22N2O4/c1-11-3-4-13(9-14(11)20-17(23)7-8-18(20)24)12(2)10-19-15(21)5-6-16(19)22/h5-8,11-14H,3-4,9-10H2,1-2H3. The van der Waals surface area contributed by atoms with E-state index in [0.717, 1.165) is 19.3 Å². The first-order valence-corrected chi connectivity index (χ1v) is 8.47. The van der Waals surface area contributed by atoms with Gasteiger partial charge in [0.05, 0.1) is 0 Å². The van der Waals surface area contributed by atoms with Crippen LogP contribution in [0.15, 0.2) is 24.3 Å². The van der Waals surface area contributed by atoms with Crippen LogP contribution >= 0.6 is 0 Å². The van der Waals surface area contributed by atoms with Gasteiger partial charge in [0.1, 0.15) is 0 Å². The van der Waals surface area contributed by atoms with Crippen molar-refractivity contribution in [2.45, 2.75) is 39.2 Å². The molecule has 128 valence electrons. The first-order valence-electron chi connectivity index (χ1n) is 8.47. The van der Waals surface area contributed by atoms with Crippen LogP contribution < -0.4 is 0 Å². The second kappa shape index (κ2) is 6.34. The van der Waals surface area contributed by atoms with E-state index >= 15 is 0 Å². The maximum absolute atomic E-state index is 12.0. The Morgan fingerprint density at radius 1 is 0.958 bits per heavy atom. The zero-order valence-electron chi connectivity index (χ0n) is 14.0. The summed E-state index contributed by atoms with van der Waals surface area (Å²) in [6, 6.07) is -0.107. The molecule has 0 N–H and O–H groups in total. The Hall–Kier alpha value is -2.24. The van der Waals surface area contributed by atoms with Gasteiger partial charge in [0.2, 0.25) is 0 Å². The number of nitrogens with zero attached hydrogens (tertiary/aromatic N) is 2. The molecule has 24 heavy (non-hydrogen) atoms. The van der Waals surface area contributed by atoms with Crippen LogP contribution in [0.4, 0.5) is 0 Å². The van der Waals surface area contributed by atoms with Gasteiger partial charge in [-0.15, -0.1) is 0 Å². The molecule has 0 aromatic carbocycles. The number of carbonyl (C=O) groups excluding carboxylic acids is 4. The maximum atomic E-state index is 12.0. The summed E-state index contributed by atoms with van der Waals surface area (Å²) < 4.78 is 0. The van der Waals surface area contributed by atoms with E-state index in [2.05, 4.69) is 6.92 Å². The van der Waals surface area contributed by atoms with E-state index in [1.54, 1.807) is 0 Å². The molecule has 6 nitrogen and oxygen atoms in total. The van der Waals surface area contributed by atoms with Crippen molar-refractivity contribution in [3.05, 3.63) is 24.3 Å². The lowest BCUT2D eigenvalue weighted by atomic mass is 9.73. The van der Waals surface area contributed by atoms with E-state index in [9.17, 15) is 19.2 Å². The molecule has 0 aromatic rings. The molecule has 1 aliphatic carbocycles. The highest BCUT2D eigenvalue weighted by Gasteiger charge is 2.40. The van der Waals surface area contributed by atoms with Crippen LogP contribution in [-0.2, 0) is 19.2 Å². The van der Waals surface area contributed by atoms with Gasteiger partial charge >= 0.3 is 0 Å². The molecule has 0 aromatic heterocycles. The molecule has 4 atom stereocenters. The van der Waals surface area contributed by atoms with Crippen LogP contribution in [0.1, 0.15) is 33.1 Å².